The Morgan fingerprint density at radius 1 is 1.29 bits per heavy atom. The van der Waals surface area contributed by atoms with Crippen molar-refractivity contribution >= 4 is 5.97 Å². The third kappa shape index (κ3) is 17.3. The Balaban J connectivity index is 0. The second-order valence-electron chi connectivity index (χ2n) is 2.08. The Kier molecular flexibility index (Phi) is 16.2. The van der Waals surface area contributed by atoms with Crippen LogP contribution in [-0.2, 0) is 19.0 Å². The highest BCUT2D eigenvalue weighted by molar-refractivity contribution is 5.81. The summed E-state index contributed by atoms with van der Waals surface area (Å²) in [6.07, 6.45) is 1.12. The van der Waals surface area contributed by atoms with Gasteiger partial charge in [0.25, 0.3) is 0 Å². The Morgan fingerprint density at radius 2 is 1.86 bits per heavy atom. The van der Waals surface area contributed by atoms with E-state index in [-0.39, 0.29) is 6.61 Å². The molecule has 84 valence electrons. The predicted octanol–water partition coefficient (Wildman–Crippen LogP) is -0.0129. The number of esters is 1. The summed E-state index contributed by atoms with van der Waals surface area (Å²) in [6.45, 7) is 4.51. The summed E-state index contributed by atoms with van der Waals surface area (Å²) in [5.41, 5.74) is 0. The maximum atomic E-state index is 10.3. The van der Waals surface area contributed by atoms with E-state index in [1.54, 1.807) is 14.2 Å². The molecule has 0 aromatic heterocycles. The predicted molar refractivity (Wildman–Crippen MR) is 52.0 cm³/mol. The number of aliphatic hydroxyl groups is 1. The molecule has 0 unspecified atom stereocenters. The second kappa shape index (κ2) is 14.6. The summed E-state index contributed by atoms with van der Waals surface area (Å²) in [5.74, 6) is -0.410. The largest absolute Gasteiger partial charge is 0.460 e. The summed E-state index contributed by atoms with van der Waals surface area (Å²) in [5, 5.41) is 7.94. The number of methoxy groups -OCH3 is 2. The van der Waals surface area contributed by atoms with Crippen LogP contribution < -0.4 is 0 Å². The zero-order valence-electron chi connectivity index (χ0n) is 8.69. The molecular weight excluding hydrogens is 188 g/mol. The molecule has 5 nitrogen and oxygen atoms in total. The van der Waals surface area contributed by atoms with Gasteiger partial charge in [0.15, 0.2) is 0 Å². The van der Waals surface area contributed by atoms with Crippen molar-refractivity contribution in [3.63, 3.8) is 0 Å². The molecule has 5 heteroatoms. The Bertz CT molecular complexity index is 133. The monoisotopic (exact) mass is 206 g/mol. The first-order chi connectivity index (χ1) is 6.72. The molecule has 0 aliphatic rings. The van der Waals surface area contributed by atoms with E-state index < -0.39 is 5.97 Å². The van der Waals surface area contributed by atoms with Crippen LogP contribution in [0, 0.1) is 0 Å². The molecule has 1 N–H and O–H groups in total. The fourth-order valence-corrected chi connectivity index (χ4v) is 0.376. The molecule has 0 saturated heterocycles. The van der Waals surface area contributed by atoms with Crippen LogP contribution in [-0.4, -0.2) is 51.7 Å². The number of carbonyl (C=O) groups is 1. The van der Waals surface area contributed by atoms with Crippen LogP contribution in [0.25, 0.3) is 0 Å². The molecule has 0 saturated carbocycles. The topological polar surface area (TPSA) is 65.0 Å². The number of hydrogen-bond donors (Lipinski definition) is 1. The van der Waals surface area contributed by atoms with Crippen molar-refractivity contribution in [3.8, 4) is 0 Å². The molecule has 0 radical (unpaired) electrons. The van der Waals surface area contributed by atoms with Crippen LogP contribution in [0.5, 0.6) is 0 Å². The highest BCUT2D eigenvalue weighted by Gasteiger charge is 1.91. The summed E-state index contributed by atoms with van der Waals surface area (Å²) in [4.78, 5) is 10.3. The van der Waals surface area contributed by atoms with Gasteiger partial charge in [0.1, 0.15) is 6.61 Å². The second-order valence-corrected chi connectivity index (χ2v) is 2.08. The van der Waals surface area contributed by atoms with Crippen LogP contribution >= 0.6 is 0 Å². The van der Waals surface area contributed by atoms with E-state index in [0.717, 1.165) is 6.08 Å². The van der Waals surface area contributed by atoms with Crippen LogP contribution in [0.15, 0.2) is 12.7 Å². The number of hydrogen-bond acceptors (Lipinski definition) is 5. The van der Waals surface area contributed by atoms with Gasteiger partial charge in [-0.3, -0.25) is 0 Å². The lowest BCUT2D eigenvalue weighted by atomic mass is 10.6. The van der Waals surface area contributed by atoms with Crippen molar-refractivity contribution in [3.05, 3.63) is 12.7 Å². The van der Waals surface area contributed by atoms with Gasteiger partial charge in [-0.1, -0.05) is 6.58 Å². The van der Waals surface area contributed by atoms with E-state index in [9.17, 15) is 4.79 Å². The van der Waals surface area contributed by atoms with Gasteiger partial charge in [-0.15, -0.1) is 0 Å². The van der Waals surface area contributed by atoms with Crippen LogP contribution in [0.3, 0.4) is 0 Å². The zero-order valence-corrected chi connectivity index (χ0v) is 8.69. The molecule has 0 bridgehead atoms. The molecule has 0 aliphatic carbocycles. The van der Waals surface area contributed by atoms with E-state index in [1.807, 2.05) is 0 Å². The van der Waals surface area contributed by atoms with E-state index in [1.165, 1.54) is 0 Å². The smallest absolute Gasteiger partial charge is 0.330 e. The zero-order chi connectivity index (χ0) is 11.2. The average Bonchev–Trinajstić information content (AvgIpc) is 2.20. The molecule has 0 amide bonds. The Hall–Kier alpha value is -0.910. The normalized spacial score (nSPS) is 8.50. The standard InChI is InChI=1S/C6H10O3.C3H8O2/c1-3-6(7)9-5-4-8-2;1-5-3-2-4/h3H,1,4-5H2,2H3;4H,2-3H2,1H3. The molecule has 0 aliphatic heterocycles. The average molecular weight is 206 g/mol. The first kappa shape index (κ1) is 15.6. The summed E-state index contributed by atoms with van der Waals surface area (Å²) in [6, 6.07) is 0. The molecular formula is C9H18O5. The summed E-state index contributed by atoms with van der Waals surface area (Å²) < 4.78 is 13.6. The third-order valence-corrected chi connectivity index (χ3v) is 0.994. The lowest BCUT2D eigenvalue weighted by Gasteiger charge is -1.98. The van der Waals surface area contributed by atoms with Gasteiger partial charge >= 0.3 is 5.97 Å². The molecule has 0 atom stereocenters. The lowest BCUT2D eigenvalue weighted by molar-refractivity contribution is -0.138. The van der Waals surface area contributed by atoms with Crippen LogP contribution in [0.2, 0.25) is 0 Å². The fraction of sp³-hybridized carbons (Fsp3) is 0.667. The molecule has 0 aromatic carbocycles. The minimum atomic E-state index is -0.410. The van der Waals surface area contributed by atoms with Gasteiger partial charge < -0.3 is 19.3 Å². The molecule has 14 heavy (non-hydrogen) atoms. The highest BCUT2D eigenvalue weighted by Crippen LogP contribution is 1.78. The summed E-state index contributed by atoms with van der Waals surface area (Å²) in [7, 11) is 3.10. The first-order valence-corrected chi connectivity index (χ1v) is 4.10. The minimum absolute atomic E-state index is 0.122. The number of carbonyl (C=O) groups excluding carboxylic acids is 1. The van der Waals surface area contributed by atoms with Crippen molar-refractivity contribution in [2.75, 3.05) is 40.6 Å². The van der Waals surface area contributed by atoms with E-state index in [0.29, 0.717) is 19.8 Å². The molecule has 0 fully saturated rings. The van der Waals surface area contributed by atoms with Gasteiger partial charge in [-0.05, 0) is 0 Å². The van der Waals surface area contributed by atoms with E-state index in [4.69, 9.17) is 5.11 Å². The van der Waals surface area contributed by atoms with Gasteiger partial charge in [0.2, 0.25) is 0 Å². The number of aliphatic hydroxyl groups excluding tert-OH is 1. The number of rotatable bonds is 6. The van der Waals surface area contributed by atoms with Crippen LogP contribution in [0.4, 0.5) is 0 Å². The molecule has 0 heterocycles. The Morgan fingerprint density at radius 3 is 2.14 bits per heavy atom. The van der Waals surface area contributed by atoms with Crippen molar-refractivity contribution in [1.82, 2.24) is 0 Å². The maximum absolute atomic E-state index is 10.3. The third-order valence-electron chi connectivity index (χ3n) is 0.994. The highest BCUT2D eigenvalue weighted by atomic mass is 16.6. The first-order valence-electron chi connectivity index (χ1n) is 4.10. The van der Waals surface area contributed by atoms with Gasteiger partial charge in [-0.25, -0.2) is 4.79 Å². The van der Waals surface area contributed by atoms with Crippen LogP contribution in [0.1, 0.15) is 0 Å². The maximum Gasteiger partial charge on any atom is 0.330 e. The van der Waals surface area contributed by atoms with Crippen molar-refractivity contribution < 1.29 is 24.1 Å². The lowest BCUT2D eigenvalue weighted by Crippen LogP contribution is -2.06. The van der Waals surface area contributed by atoms with Gasteiger partial charge in [0, 0.05) is 20.3 Å². The van der Waals surface area contributed by atoms with Crippen molar-refractivity contribution in [2.24, 2.45) is 0 Å². The number of ether oxygens (including phenoxy) is 3. The molecule has 0 spiro atoms. The van der Waals surface area contributed by atoms with E-state index >= 15 is 0 Å². The van der Waals surface area contributed by atoms with Crippen molar-refractivity contribution in [2.45, 2.75) is 0 Å². The Labute approximate surface area is 84.3 Å². The van der Waals surface area contributed by atoms with Gasteiger partial charge in [0.05, 0.1) is 19.8 Å². The van der Waals surface area contributed by atoms with E-state index in [2.05, 4.69) is 20.8 Å². The van der Waals surface area contributed by atoms with Gasteiger partial charge in [-0.2, -0.15) is 0 Å². The summed E-state index contributed by atoms with van der Waals surface area (Å²) >= 11 is 0. The SMILES string of the molecule is C=CC(=O)OCCOC.COCCO. The minimum Gasteiger partial charge on any atom is -0.460 e. The fourth-order valence-electron chi connectivity index (χ4n) is 0.376. The van der Waals surface area contributed by atoms with Crippen molar-refractivity contribution in [1.29, 1.82) is 0 Å². The molecule has 0 rings (SSSR count). The quantitative estimate of drug-likeness (QED) is 0.376. The molecule has 0 aromatic rings.